The zero-order valence-corrected chi connectivity index (χ0v) is 8.28. The smallest absolute Gasteiger partial charge is 0.356 e. The summed E-state index contributed by atoms with van der Waals surface area (Å²) in [5, 5.41) is 0. The Kier molecular flexibility index (Phi) is 2.04. The number of alkyl halides is 1. The van der Waals surface area contributed by atoms with Crippen LogP contribution in [0.2, 0.25) is 0 Å². The molecule has 0 bridgehead atoms. The van der Waals surface area contributed by atoms with Crippen molar-refractivity contribution in [3.05, 3.63) is 35.9 Å². The highest BCUT2D eigenvalue weighted by Gasteiger charge is 2.39. The molecule has 1 aliphatic heterocycles. The molecule has 4 heteroatoms. The van der Waals surface area contributed by atoms with Crippen molar-refractivity contribution < 1.29 is 9.53 Å². The van der Waals surface area contributed by atoms with Crippen LogP contribution in [0.15, 0.2) is 35.3 Å². The van der Waals surface area contributed by atoms with Crippen molar-refractivity contribution in [3.63, 3.8) is 0 Å². The number of carbonyl (C=O) groups is 1. The fourth-order valence-electron chi connectivity index (χ4n) is 1.14. The van der Waals surface area contributed by atoms with E-state index >= 15 is 0 Å². The molecular formula is C10H8ClNO2. The van der Waals surface area contributed by atoms with Crippen LogP contribution < -0.4 is 0 Å². The van der Waals surface area contributed by atoms with Gasteiger partial charge in [-0.15, -0.1) is 0 Å². The van der Waals surface area contributed by atoms with Crippen LogP contribution in [-0.2, 0) is 9.53 Å². The number of carbonyl (C=O) groups excluding carboxylic acids is 1. The average molecular weight is 210 g/mol. The molecule has 1 aromatic carbocycles. The third-order valence-electron chi connectivity index (χ3n) is 1.89. The first kappa shape index (κ1) is 9.21. The second-order valence-electron chi connectivity index (χ2n) is 3.13. The molecule has 72 valence electrons. The molecule has 1 aliphatic rings. The van der Waals surface area contributed by atoms with Gasteiger partial charge in [-0.05, 0) is 19.1 Å². The average Bonchev–Trinajstić information content (AvgIpc) is 2.43. The summed E-state index contributed by atoms with van der Waals surface area (Å²) in [6.07, 6.45) is 0. The number of aliphatic imine (C=N–C) groups is 1. The number of esters is 1. The molecule has 0 saturated heterocycles. The first-order chi connectivity index (χ1) is 6.59. The minimum atomic E-state index is -1.27. The maximum Gasteiger partial charge on any atom is 0.356 e. The van der Waals surface area contributed by atoms with Gasteiger partial charge < -0.3 is 4.74 Å². The Morgan fingerprint density at radius 1 is 1.36 bits per heavy atom. The summed E-state index contributed by atoms with van der Waals surface area (Å²) in [6, 6.07) is 9.18. The third kappa shape index (κ3) is 1.51. The lowest BCUT2D eigenvalue weighted by Crippen LogP contribution is -2.22. The van der Waals surface area contributed by atoms with Crippen molar-refractivity contribution in [1.29, 1.82) is 0 Å². The summed E-state index contributed by atoms with van der Waals surface area (Å²) in [5.41, 5.74) is 0.755. The Bertz CT molecular complexity index is 398. The van der Waals surface area contributed by atoms with E-state index in [0.29, 0.717) is 0 Å². The van der Waals surface area contributed by atoms with E-state index in [2.05, 4.69) is 4.99 Å². The summed E-state index contributed by atoms with van der Waals surface area (Å²) in [4.78, 5) is 13.9. The zero-order chi connectivity index (χ0) is 10.2. The van der Waals surface area contributed by atoms with Crippen molar-refractivity contribution in [3.8, 4) is 0 Å². The minimum Gasteiger partial charge on any atom is -0.404 e. The van der Waals surface area contributed by atoms with Crippen LogP contribution >= 0.6 is 11.6 Å². The van der Waals surface area contributed by atoms with E-state index in [4.69, 9.17) is 16.3 Å². The predicted molar refractivity (Wildman–Crippen MR) is 53.3 cm³/mol. The Hall–Kier alpha value is -1.35. The maximum atomic E-state index is 11.2. The van der Waals surface area contributed by atoms with Crippen LogP contribution in [0.3, 0.4) is 0 Å². The third-order valence-corrected chi connectivity index (χ3v) is 2.13. The Morgan fingerprint density at radius 3 is 2.50 bits per heavy atom. The highest BCUT2D eigenvalue weighted by atomic mass is 35.5. The largest absolute Gasteiger partial charge is 0.404 e. The van der Waals surface area contributed by atoms with Gasteiger partial charge in [0.2, 0.25) is 10.9 Å². The van der Waals surface area contributed by atoms with Gasteiger partial charge >= 0.3 is 5.97 Å². The molecule has 0 amide bonds. The van der Waals surface area contributed by atoms with Gasteiger partial charge in [0.25, 0.3) is 0 Å². The summed E-state index contributed by atoms with van der Waals surface area (Å²) >= 11 is 5.80. The van der Waals surface area contributed by atoms with Crippen LogP contribution in [0.4, 0.5) is 0 Å². The molecule has 0 saturated carbocycles. The molecular weight excluding hydrogens is 202 g/mol. The van der Waals surface area contributed by atoms with Gasteiger partial charge in [0.15, 0.2) is 0 Å². The fraction of sp³-hybridized carbons (Fsp3) is 0.200. The molecule has 3 nitrogen and oxygen atoms in total. The van der Waals surface area contributed by atoms with Gasteiger partial charge in [-0.3, -0.25) is 0 Å². The standard InChI is InChI=1S/C10H8ClNO2/c1-10(11)9(13)14-8(12-10)7-5-3-2-4-6-7/h2-6H,1H3. The van der Waals surface area contributed by atoms with Gasteiger partial charge in [0, 0.05) is 5.56 Å². The number of ether oxygens (including phenoxy) is 1. The van der Waals surface area contributed by atoms with Crippen molar-refractivity contribution in [2.45, 2.75) is 11.9 Å². The van der Waals surface area contributed by atoms with Gasteiger partial charge in [0.1, 0.15) is 0 Å². The molecule has 1 atom stereocenters. The molecule has 14 heavy (non-hydrogen) atoms. The molecule has 1 aromatic rings. The molecule has 1 unspecified atom stereocenters. The Balaban J connectivity index is 2.36. The number of cyclic esters (lactones) is 1. The van der Waals surface area contributed by atoms with E-state index in [0.717, 1.165) is 5.56 Å². The normalized spacial score (nSPS) is 25.9. The first-order valence-corrected chi connectivity index (χ1v) is 4.54. The van der Waals surface area contributed by atoms with Crippen molar-refractivity contribution in [1.82, 2.24) is 0 Å². The SMILES string of the molecule is CC1(Cl)N=C(c2ccccc2)OC1=O. The molecule has 0 aliphatic carbocycles. The molecule has 0 N–H and O–H groups in total. The summed E-state index contributed by atoms with van der Waals surface area (Å²) in [5.74, 6) is -0.244. The van der Waals surface area contributed by atoms with Crippen molar-refractivity contribution in [2.75, 3.05) is 0 Å². The monoisotopic (exact) mass is 209 g/mol. The number of halogens is 1. The van der Waals surface area contributed by atoms with E-state index in [9.17, 15) is 4.79 Å². The second-order valence-corrected chi connectivity index (χ2v) is 3.86. The highest BCUT2D eigenvalue weighted by molar-refractivity contribution is 6.36. The first-order valence-electron chi connectivity index (χ1n) is 4.16. The highest BCUT2D eigenvalue weighted by Crippen LogP contribution is 2.26. The van der Waals surface area contributed by atoms with E-state index in [1.807, 2.05) is 30.3 Å². The molecule has 0 fully saturated rings. The minimum absolute atomic E-state index is 0.285. The van der Waals surface area contributed by atoms with Crippen molar-refractivity contribution in [2.24, 2.45) is 4.99 Å². The van der Waals surface area contributed by atoms with Crippen LogP contribution in [0, 0.1) is 0 Å². The van der Waals surface area contributed by atoms with Gasteiger partial charge in [0.05, 0.1) is 0 Å². The molecule has 2 rings (SSSR count). The molecule has 0 radical (unpaired) electrons. The lowest BCUT2D eigenvalue weighted by Gasteiger charge is -2.02. The van der Waals surface area contributed by atoms with E-state index in [1.165, 1.54) is 6.92 Å². The van der Waals surface area contributed by atoms with Gasteiger partial charge in [-0.2, -0.15) is 0 Å². The van der Waals surface area contributed by atoms with E-state index < -0.39 is 11.0 Å². The number of hydrogen-bond donors (Lipinski definition) is 0. The van der Waals surface area contributed by atoms with Crippen LogP contribution in [0.5, 0.6) is 0 Å². The van der Waals surface area contributed by atoms with Crippen LogP contribution in [0.1, 0.15) is 12.5 Å². The number of hydrogen-bond acceptors (Lipinski definition) is 3. The fourth-order valence-corrected chi connectivity index (χ4v) is 1.26. The number of benzene rings is 1. The molecule has 0 spiro atoms. The van der Waals surface area contributed by atoms with Gasteiger partial charge in [-0.25, -0.2) is 9.79 Å². The Labute approximate surface area is 86.4 Å². The zero-order valence-electron chi connectivity index (χ0n) is 7.53. The summed E-state index contributed by atoms with van der Waals surface area (Å²) in [7, 11) is 0. The topological polar surface area (TPSA) is 38.7 Å². The molecule has 0 aromatic heterocycles. The van der Waals surface area contributed by atoms with Crippen molar-refractivity contribution >= 4 is 23.5 Å². The Morgan fingerprint density at radius 2 is 2.00 bits per heavy atom. The van der Waals surface area contributed by atoms with Crippen LogP contribution in [-0.4, -0.2) is 16.9 Å². The summed E-state index contributed by atoms with van der Waals surface area (Å²) in [6.45, 7) is 1.51. The van der Waals surface area contributed by atoms with E-state index in [-0.39, 0.29) is 5.90 Å². The maximum absolute atomic E-state index is 11.2. The number of rotatable bonds is 1. The summed E-state index contributed by atoms with van der Waals surface area (Å²) < 4.78 is 4.94. The van der Waals surface area contributed by atoms with E-state index in [1.54, 1.807) is 0 Å². The second kappa shape index (κ2) is 3.10. The number of nitrogens with zero attached hydrogens (tertiary/aromatic N) is 1. The van der Waals surface area contributed by atoms with Gasteiger partial charge in [-0.1, -0.05) is 29.8 Å². The molecule has 1 heterocycles. The lowest BCUT2D eigenvalue weighted by molar-refractivity contribution is -0.135. The quantitative estimate of drug-likeness (QED) is 0.403. The lowest BCUT2D eigenvalue weighted by atomic mass is 10.2. The van der Waals surface area contributed by atoms with Crippen LogP contribution in [0.25, 0.3) is 0 Å². The predicted octanol–water partition coefficient (Wildman–Crippen LogP) is 1.94.